The van der Waals surface area contributed by atoms with Gasteiger partial charge in [0.05, 0.1) is 11.6 Å². The van der Waals surface area contributed by atoms with Crippen LogP contribution < -0.4 is 4.74 Å². The normalized spacial score (nSPS) is 21.6. The van der Waals surface area contributed by atoms with Crippen LogP contribution in [0.2, 0.25) is 0 Å². The summed E-state index contributed by atoms with van der Waals surface area (Å²) < 4.78 is 5.75. The minimum absolute atomic E-state index is 0.0806. The minimum Gasteiger partial charge on any atom is -0.507 e. The lowest BCUT2D eigenvalue weighted by Gasteiger charge is -2.24. The summed E-state index contributed by atoms with van der Waals surface area (Å²) in [6.07, 6.45) is 1.46. The first-order valence-electron chi connectivity index (χ1n) is 10.7. The number of amides is 1. The number of fused-ring (bicyclic) bond motifs is 1. The fraction of sp³-hybridized carbons (Fsp3) is 0.231. The summed E-state index contributed by atoms with van der Waals surface area (Å²) >= 11 is 1.48. The Kier molecular flexibility index (Phi) is 5.31. The number of carbonyl (C=O) groups excluding carboxylic acids is 2. The van der Waals surface area contributed by atoms with E-state index in [4.69, 9.17) is 4.74 Å². The van der Waals surface area contributed by atoms with Gasteiger partial charge in [0, 0.05) is 23.4 Å². The van der Waals surface area contributed by atoms with Gasteiger partial charge in [0.1, 0.15) is 17.6 Å². The van der Waals surface area contributed by atoms with Crippen molar-refractivity contribution in [3.05, 3.63) is 93.2 Å². The summed E-state index contributed by atoms with van der Waals surface area (Å²) in [7, 11) is 0. The second-order valence-corrected chi connectivity index (χ2v) is 9.18. The third-order valence-electron chi connectivity index (χ3n) is 6.01. The first kappa shape index (κ1) is 20.5. The highest BCUT2D eigenvalue weighted by molar-refractivity contribution is 7.10. The maximum Gasteiger partial charge on any atom is 0.295 e. The van der Waals surface area contributed by atoms with Crippen molar-refractivity contribution >= 4 is 28.8 Å². The molecule has 3 aromatic rings. The van der Waals surface area contributed by atoms with Gasteiger partial charge in [0.15, 0.2) is 0 Å². The van der Waals surface area contributed by atoms with Gasteiger partial charge in [-0.25, -0.2) is 0 Å². The van der Waals surface area contributed by atoms with Crippen LogP contribution in [0.15, 0.2) is 71.6 Å². The van der Waals surface area contributed by atoms with Crippen LogP contribution in [0.5, 0.6) is 5.75 Å². The number of thiophene rings is 1. The van der Waals surface area contributed by atoms with Gasteiger partial charge in [-0.1, -0.05) is 36.4 Å². The average molecular weight is 446 g/mol. The van der Waals surface area contributed by atoms with Crippen LogP contribution in [0, 0.1) is 0 Å². The van der Waals surface area contributed by atoms with Gasteiger partial charge in [-0.15, -0.1) is 11.3 Å². The summed E-state index contributed by atoms with van der Waals surface area (Å²) in [4.78, 5) is 28.6. The van der Waals surface area contributed by atoms with Crippen molar-refractivity contribution in [2.24, 2.45) is 0 Å². The molecule has 0 aliphatic carbocycles. The number of hydrogen-bond donors (Lipinski definition) is 1. The first-order chi connectivity index (χ1) is 15.5. The highest BCUT2D eigenvalue weighted by Gasteiger charge is 2.46. The Morgan fingerprint density at radius 1 is 1.12 bits per heavy atom. The Labute approximate surface area is 190 Å². The van der Waals surface area contributed by atoms with Crippen molar-refractivity contribution in [2.75, 3.05) is 6.54 Å². The molecule has 2 unspecified atom stereocenters. The molecule has 0 saturated carbocycles. The molecule has 2 aliphatic heterocycles. The molecule has 1 N–H and O–H groups in total. The van der Waals surface area contributed by atoms with E-state index < -0.39 is 17.7 Å². The predicted octanol–water partition coefficient (Wildman–Crippen LogP) is 4.74. The number of Topliss-reactive ketones (excluding diaryl/α,β-unsaturated/α-hetero) is 1. The third-order valence-corrected chi connectivity index (χ3v) is 6.93. The zero-order chi connectivity index (χ0) is 22.2. The molecule has 0 bridgehead atoms. The van der Waals surface area contributed by atoms with E-state index in [0.717, 1.165) is 28.2 Å². The number of ether oxygens (including phenoxy) is 1. The Morgan fingerprint density at radius 3 is 2.69 bits per heavy atom. The zero-order valence-electron chi connectivity index (χ0n) is 17.7. The van der Waals surface area contributed by atoms with Gasteiger partial charge in [0.25, 0.3) is 11.7 Å². The van der Waals surface area contributed by atoms with Crippen molar-refractivity contribution in [3.8, 4) is 5.75 Å². The molecule has 2 aromatic carbocycles. The SMILES string of the molecule is CC1Cc2cc(/C(O)=C3\C(=O)C(=O)N(CCc4ccccc4)C3c3cccs3)ccc2O1. The topological polar surface area (TPSA) is 66.8 Å². The summed E-state index contributed by atoms with van der Waals surface area (Å²) in [5.74, 6) is -0.545. The predicted molar refractivity (Wildman–Crippen MR) is 124 cm³/mol. The number of aliphatic hydroxyl groups is 1. The second kappa shape index (κ2) is 8.28. The number of hydrogen-bond acceptors (Lipinski definition) is 5. The number of rotatable bonds is 5. The molecular formula is C26H23NO4S. The maximum atomic E-state index is 13.1. The molecule has 2 atom stereocenters. The molecule has 1 aromatic heterocycles. The van der Waals surface area contributed by atoms with Crippen LogP contribution >= 0.6 is 11.3 Å². The number of nitrogens with zero attached hydrogens (tertiary/aromatic N) is 1. The lowest BCUT2D eigenvalue weighted by molar-refractivity contribution is -0.139. The Morgan fingerprint density at radius 2 is 1.94 bits per heavy atom. The first-order valence-corrected chi connectivity index (χ1v) is 11.6. The van der Waals surface area contributed by atoms with Crippen LogP contribution in [-0.2, 0) is 22.4 Å². The quantitative estimate of drug-likeness (QED) is 0.350. The summed E-state index contributed by atoms with van der Waals surface area (Å²) in [5, 5.41) is 13.1. The fourth-order valence-corrected chi connectivity index (χ4v) is 5.32. The van der Waals surface area contributed by atoms with E-state index in [1.807, 2.05) is 66.9 Å². The molecule has 2 aliphatic rings. The van der Waals surface area contributed by atoms with Crippen LogP contribution in [0.1, 0.15) is 34.5 Å². The number of ketones is 1. The lowest BCUT2D eigenvalue weighted by atomic mass is 9.98. The molecule has 5 nitrogen and oxygen atoms in total. The Bertz CT molecular complexity index is 1200. The Hall–Kier alpha value is -3.38. The van der Waals surface area contributed by atoms with Gasteiger partial charge in [-0.2, -0.15) is 0 Å². The van der Waals surface area contributed by atoms with E-state index in [1.165, 1.54) is 11.3 Å². The van der Waals surface area contributed by atoms with E-state index in [2.05, 4.69) is 0 Å². The molecule has 1 saturated heterocycles. The average Bonchev–Trinajstić information content (AvgIpc) is 3.51. The van der Waals surface area contributed by atoms with Crippen molar-refractivity contribution in [1.82, 2.24) is 4.90 Å². The van der Waals surface area contributed by atoms with E-state index in [0.29, 0.717) is 18.5 Å². The highest BCUT2D eigenvalue weighted by Crippen LogP contribution is 2.42. The van der Waals surface area contributed by atoms with Crippen LogP contribution in [0.4, 0.5) is 0 Å². The van der Waals surface area contributed by atoms with Crippen molar-refractivity contribution in [3.63, 3.8) is 0 Å². The zero-order valence-corrected chi connectivity index (χ0v) is 18.5. The van der Waals surface area contributed by atoms with Gasteiger partial charge >= 0.3 is 0 Å². The maximum absolute atomic E-state index is 13.1. The molecule has 6 heteroatoms. The monoisotopic (exact) mass is 445 g/mol. The van der Waals surface area contributed by atoms with Crippen molar-refractivity contribution in [2.45, 2.75) is 31.9 Å². The molecule has 1 amide bonds. The largest absolute Gasteiger partial charge is 0.507 e. The van der Waals surface area contributed by atoms with E-state index in [9.17, 15) is 14.7 Å². The van der Waals surface area contributed by atoms with Gasteiger partial charge in [0.2, 0.25) is 0 Å². The molecule has 162 valence electrons. The standard InChI is InChI=1S/C26H23NO4S/c1-16-14-19-15-18(9-10-20(19)31-16)24(28)22-23(21-8-5-13-32-21)27(26(30)25(22)29)12-11-17-6-3-2-4-7-17/h2-10,13,15-16,23,28H,11-12,14H2,1H3/b24-22+. The molecule has 1 fully saturated rings. The molecule has 5 rings (SSSR count). The molecule has 3 heterocycles. The minimum atomic E-state index is -0.640. The van der Waals surface area contributed by atoms with E-state index in [1.54, 1.807) is 11.0 Å². The number of benzene rings is 2. The second-order valence-electron chi connectivity index (χ2n) is 8.20. The van der Waals surface area contributed by atoms with E-state index >= 15 is 0 Å². The van der Waals surface area contributed by atoms with Crippen molar-refractivity contribution in [1.29, 1.82) is 0 Å². The van der Waals surface area contributed by atoms with Crippen LogP contribution in [0.3, 0.4) is 0 Å². The molecule has 32 heavy (non-hydrogen) atoms. The smallest absolute Gasteiger partial charge is 0.295 e. The Balaban J connectivity index is 1.54. The van der Waals surface area contributed by atoms with Crippen LogP contribution in [0.25, 0.3) is 5.76 Å². The fourth-order valence-electron chi connectivity index (χ4n) is 4.47. The van der Waals surface area contributed by atoms with Gasteiger partial charge in [-0.05, 0) is 54.1 Å². The number of likely N-dealkylation sites (tertiary alicyclic amines) is 1. The highest BCUT2D eigenvalue weighted by atomic mass is 32.1. The van der Waals surface area contributed by atoms with E-state index in [-0.39, 0.29) is 17.4 Å². The number of carbonyl (C=O) groups is 2. The van der Waals surface area contributed by atoms with Gasteiger partial charge in [-0.3, -0.25) is 9.59 Å². The third kappa shape index (κ3) is 3.60. The molecular weight excluding hydrogens is 422 g/mol. The summed E-state index contributed by atoms with van der Waals surface area (Å²) in [6, 6.07) is 18.5. The number of aliphatic hydroxyl groups excluding tert-OH is 1. The van der Waals surface area contributed by atoms with Crippen molar-refractivity contribution < 1.29 is 19.4 Å². The molecule has 0 spiro atoms. The lowest BCUT2D eigenvalue weighted by Crippen LogP contribution is -2.31. The molecule has 0 radical (unpaired) electrons. The summed E-state index contributed by atoms with van der Waals surface area (Å²) in [6.45, 7) is 2.39. The van der Waals surface area contributed by atoms with Gasteiger partial charge < -0.3 is 14.7 Å². The van der Waals surface area contributed by atoms with Crippen LogP contribution in [-0.4, -0.2) is 34.3 Å². The summed E-state index contributed by atoms with van der Waals surface area (Å²) in [5.41, 5.74) is 2.76.